The number of aromatic nitrogens is 4. The fourth-order valence-corrected chi connectivity index (χ4v) is 4.02. The Morgan fingerprint density at radius 3 is 3.00 bits per heavy atom. The highest BCUT2D eigenvalue weighted by Gasteiger charge is 2.28. The Kier molecular flexibility index (Phi) is 4.13. The van der Waals surface area contributed by atoms with E-state index in [2.05, 4.69) is 36.7 Å². The molecule has 2 aliphatic rings. The minimum absolute atomic E-state index is 0.0185. The van der Waals surface area contributed by atoms with E-state index < -0.39 is 0 Å². The van der Waals surface area contributed by atoms with Crippen LogP contribution in [0.4, 0.5) is 10.9 Å². The Balaban J connectivity index is 1.44. The number of hydrogen-bond acceptors (Lipinski definition) is 7. The molecule has 2 aromatic rings. The molecule has 1 N–H and O–H groups in total. The molecule has 1 aliphatic heterocycles. The molecule has 2 aromatic heterocycles. The van der Waals surface area contributed by atoms with Gasteiger partial charge in [-0.3, -0.25) is 4.79 Å². The van der Waals surface area contributed by atoms with Crippen molar-refractivity contribution >= 4 is 28.2 Å². The van der Waals surface area contributed by atoms with Crippen molar-refractivity contribution in [3.05, 3.63) is 22.3 Å². The number of nitrogens with one attached hydrogen (secondary N) is 1. The zero-order valence-electron chi connectivity index (χ0n) is 13.7. The summed E-state index contributed by atoms with van der Waals surface area (Å²) in [4.78, 5) is 14.7. The molecule has 1 amide bonds. The van der Waals surface area contributed by atoms with E-state index in [4.69, 9.17) is 0 Å². The highest BCUT2D eigenvalue weighted by atomic mass is 32.1. The molecule has 0 spiro atoms. The Hall–Kier alpha value is -2.09. The summed E-state index contributed by atoms with van der Waals surface area (Å²) in [6.07, 6.45) is 5.16. The molecule has 4 rings (SSSR count). The van der Waals surface area contributed by atoms with Gasteiger partial charge in [-0.1, -0.05) is 11.3 Å². The predicted octanol–water partition coefficient (Wildman–Crippen LogP) is 1.98. The molecule has 0 unspecified atom stereocenters. The van der Waals surface area contributed by atoms with Gasteiger partial charge in [-0.05, 0) is 50.7 Å². The molecule has 1 fully saturated rings. The maximum Gasteiger partial charge on any atom is 0.231 e. The first-order valence-corrected chi connectivity index (χ1v) is 9.22. The number of aryl methyl sites for hydroxylation is 3. The number of amides is 1. The van der Waals surface area contributed by atoms with Crippen LogP contribution in [0.15, 0.2) is 6.07 Å². The number of nitrogens with zero attached hydrogens (tertiary/aromatic N) is 5. The van der Waals surface area contributed by atoms with Crippen molar-refractivity contribution in [1.82, 2.24) is 20.4 Å². The van der Waals surface area contributed by atoms with E-state index >= 15 is 0 Å². The SMILES string of the molecule is Cc1nnc(NC(=O)[C@@H]2CCCN(c3cc4c(nn3)CCC4)C2)s1. The molecule has 1 atom stereocenters. The Morgan fingerprint density at radius 1 is 1.25 bits per heavy atom. The molecule has 126 valence electrons. The number of fused-ring (bicyclic) bond motifs is 1. The minimum atomic E-state index is -0.0574. The fraction of sp³-hybridized carbons (Fsp3) is 0.562. The Bertz CT molecular complexity index is 761. The van der Waals surface area contributed by atoms with E-state index in [1.807, 2.05) is 6.92 Å². The predicted molar refractivity (Wildman–Crippen MR) is 92.3 cm³/mol. The summed E-state index contributed by atoms with van der Waals surface area (Å²) in [6, 6.07) is 2.16. The number of carbonyl (C=O) groups is 1. The lowest BCUT2D eigenvalue weighted by Crippen LogP contribution is -2.41. The first-order chi connectivity index (χ1) is 11.7. The largest absolute Gasteiger partial charge is 0.354 e. The lowest BCUT2D eigenvalue weighted by Gasteiger charge is -2.32. The number of piperidine rings is 1. The van der Waals surface area contributed by atoms with Crippen molar-refractivity contribution in [2.24, 2.45) is 5.92 Å². The highest BCUT2D eigenvalue weighted by Crippen LogP contribution is 2.27. The molecular weight excluding hydrogens is 324 g/mol. The van der Waals surface area contributed by atoms with E-state index in [0.717, 1.165) is 48.7 Å². The van der Waals surface area contributed by atoms with E-state index in [0.29, 0.717) is 11.7 Å². The molecule has 1 saturated heterocycles. The number of hydrogen-bond donors (Lipinski definition) is 1. The first kappa shape index (κ1) is 15.4. The van der Waals surface area contributed by atoms with Crippen molar-refractivity contribution in [2.75, 3.05) is 23.3 Å². The third-order valence-electron chi connectivity index (χ3n) is 4.68. The molecule has 7 nitrogen and oxygen atoms in total. The molecule has 0 saturated carbocycles. The molecule has 0 radical (unpaired) electrons. The van der Waals surface area contributed by atoms with Gasteiger partial charge in [0, 0.05) is 13.1 Å². The third-order valence-corrected chi connectivity index (χ3v) is 5.43. The smallest absolute Gasteiger partial charge is 0.231 e. The summed E-state index contributed by atoms with van der Waals surface area (Å²) >= 11 is 1.40. The normalized spacial score (nSPS) is 20.0. The second-order valence-corrected chi connectivity index (χ2v) is 7.61. The topological polar surface area (TPSA) is 83.9 Å². The average molecular weight is 344 g/mol. The van der Waals surface area contributed by atoms with Crippen molar-refractivity contribution in [2.45, 2.75) is 39.0 Å². The highest BCUT2D eigenvalue weighted by molar-refractivity contribution is 7.15. The zero-order valence-corrected chi connectivity index (χ0v) is 14.5. The molecular formula is C16H20N6OS. The van der Waals surface area contributed by atoms with Crippen molar-refractivity contribution in [3.63, 3.8) is 0 Å². The van der Waals surface area contributed by atoms with Crippen LogP contribution in [0.2, 0.25) is 0 Å². The summed E-state index contributed by atoms with van der Waals surface area (Å²) in [5.74, 6) is 0.864. The van der Waals surface area contributed by atoms with E-state index in [1.54, 1.807) is 0 Å². The van der Waals surface area contributed by atoms with Crippen LogP contribution in [0.1, 0.15) is 35.5 Å². The van der Waals surface area contributed by atoms with Gasteiger partial charge in [-0.2, -0.15) is 5.10 Å². The van der Waals surface area contributed by atoms with Crippen LogP contribution < -0.4 is 10.2 Å². The first-order valence-electron chi connectivity index (χ1n) is 8.40. The van der Waals surface area contributed by atoms with Gasteiger partial charge in [0.1, 0.15) is 5.01 Å². The molecule has 0 aromatic carbocycles. The van der Waals surface area contributed by atoms with Gasteiger partial charge in [0.2, 0.25) is 11.0 Å². The van der Waals surface area contributed by atoms with Crippen LogP contribution >= 0.6 is 11.3 Å². The quantitative estimate of drug-likeness (QED) is 0.916. The van der Waals surface area contributed by atoms with Gasteiger partial charge < -0.3 is 10.2 Å². The third kappa shape index (κ3) is 3.10. The number of carbonyl (C=O) groups excluding carboxylic acids is 1. The second-order valence-electron chi connectivity index (χ2n) is 6.43. The van der Waals surface area contributed by atoms with Crippen molar-refractivity contribution in [3.8, 4) is 0 Å². The molecule has 0 bridgehead atoms. The van der Waals surface area contributed by atoms with Gasteiger partial charge in [0.25, 0.3) is 0 Å². The van der Waals surface area contributed by atoms with Gasteiger partial charge in [0.15, 0.2) is 5.82 Å². The van der Waals surface area contributed by atoms with E-state index in [1.165, 1.54) is 23.3 Å². The fourth-order valence-electron chi connectivity index (χ4n) is 3.43. The van der Waals surface area contributed by atoms with Crippen LogP contribution in [0.3, 0.4) is 0 Å². The molecule has 8 heteroatoms. The second kappa shape index (κ2) is 6.43. The van der Waals surface area contributed by atoms with Crippen LogP contribution in [-0.2, 0) is 17.6 Å². The Labute approximate surface area is 144 Å². The number of rotatable bonds is 3. The van der Waals surface area contributed by atoms with Gasteiger partial charge in [0.05, 0.1) is 11.6 Å². The summed E-state index contributed by atoms with van der Waals surface area (Å²) in [6.45, 7) is 3.48. The lowest BCUT2D eigenvalue weighted by atomic mass is 9.97. The van der Waals surface area contributed by atoms with Crippen LogP contribution in [0.5, 0.6) is 0 Å². The van der Waals surface area contributed by atoms with Crippen LogP contribution in [0.25, 0.3) is 0 Å². The summed E-state index contributed by atoms with van der Waals surface area (Å²) in [5.41, 5.74) is 2.45. The number of anilines is 2. The summed E-state index contributed by atoms with van der Waals surface area (Å²) in [7, 11) is 0. The van der Waals surface area contributed by atoms with Gasteiger partial charge in [-0.25, -0.2) is 0 Å². The van der Waals surface area contributed by atoms with E-state index in [-0.39, 0.29) is 11.8 Å². The maximum atomic E-state index is 12.5. The zero-order chi connectivity index (χ0) is 16.5. The van der Waals surface area contributed by atoms with E-state index in [9.17, 15) is 4.79 Å². The van der Waals surface area contributed by atoms with Crippen molar-refractivity contribution < 1.29 is 4.79 Å². The minimum Gasteiger partial charge on any atom is -0.354 e. The monoisotopic (exact) mass is 344 g/mol. The standard InChI is InChI=1S/C16H20N6OS/c1-10-18-21-16(24-10)17-15(23)12-5-3-7-22(9-12)14-8-11-4-2-6-13(11)19-20-14/h8,12H,2-7,9H2,1H3,(H,17,21,23)/t12-/m1/s1. The maximum absolute atomic E-state index is 12.5. The van der Waals surface area contributed by atoms with Gasteiger partial charge >= 0.3 is 0 Å². The lowest BCUT2D eigenvalue weighted by molar-refractivity contribution is -0.120. The summed E-state index contributed by atoms with van der Waals surface area (Å²) < 4.78 is 0. The molecule has 24 heavy (non-hydrogen) atoms. The molecule has 3 heterocycles. The Morgan fingerprint density at radius 2 is 2.17 bits per heavy atom. The average Bonchev–Trinajstić information content (AvgIpc) is 3.23. The van der Waals surface area contributed by atoms with Crippen LogP contribution in [0, 0.1) is 12.8 Å². The summed E-state index contributed by atoms with van der Waals surface area (Å²) in [5, 5.41) is 21.0. The van der Waals surface area contributed by atoms with Crippen LogP contribution in [-0.4, -0.2) is 39.4 Å². The van der Waals surface area contributed by atoms with Gasteiger partial charge in [-0.15, -0.1) is 15.3 Å². The molecule has 1 aliphatic carbocycles. The van der Waals surface area contributed by atoms with Crippen molar-refractivity contribution in [1.29, 1.82) is 0 Å².